The van der Waals surface area contributed by atoms with Crippen LogP contribution in [0.25, 0.3) is 16.6 Å². The van der Waals surface area contributed by atoms with E-state index in [0.29, 0.717) is 17.0 Å². The number of pyridine rings is 1. The molecule has 0 aliphatic heterocycles. The number of benzene rings is 3. The van der Waals surface area contributed by atoms with E-state index in [1.807, 2.05) is 0 Å². The molecule has 0 fully saturated rings. The fraction of sp³-hybridized carbons (Fsp3) is 0.0870. The number of anilines is 1. The summed E-state index contributed by atoms with van der Waals surface area (Å²) in [6, 6.07) is 13.9. The van der Waals surface area contributed by atoms with Crippen LogP contribution in [-0.2, 0) is 10.0 Å². The van der Waals surface area contributed by atoms with Crippen LogP contribution in [0, 0.1) is 11.6 Å². The van der Waals surface area contributed by atoms with Gasteiger partial charge in [-0.2, -0.15) is 0 Å². The maximum Gasteiger partial charge on any atom is 0.232 e. The number of nitrogens with one attached hydrogen (secondary N) is 1. The minimum absolute atomic E-state index is 0.0767. The number of rotatable bonds is 6. The van der Waals surface area contributed by atoms with Crippen LogP contribution in [0.3, 0.4) is 0 Å². The number of hydrogen-bond donors (Lipinski definition) is 1. The van der Waals surface area contributed by atoms with Crippen molar-refractivity contribution in [2.75, 3.05) is 10.5 Å². The van der Waals surface area contributed by atoms with Gasteiger partial charge in [0.25, 0.3) is 0 Å². The Bertz CT molecular complexity index is 1540. The SMILES string of the molecule is CCS(=O)(=O)Nc1ccc(Oc2ccc(F)cc2F)c(-n2cc(Cl)c(=O)c3ccccc32)c1. The Morgan fingerprint density at radius 2 is 1.76 bits per heavy atom. The van der Waals surface area contributed by atoms with Crippen LogP contribution in [0.1, 0.15) is 6.92 Å². The number of ether oxygens (including phenoxy) is 1. The summed E-state index contributed by atoms with van der Waals surface area (Å²) in [6.45, 7) is 1.49. The van der Waals surface area contributed by atoms with E-state index in [2.05, 4.69) is 4.72 Å². The van der Waals surface area contributed by atoms with E-state index in [4.69, 9.17) is 16.3 Å². The van der Waals surface area contributed by atoms with Crippen molar-refractivity contribution >= 4 is 38.2 Å². The van der Waals surface area contributed by atoms with E-state index in [1.165, 1.54) is 31.3 Å². The molecule has 0 amide bonds. The molecule has 170 valence electrons. The summed E-state index contributed by atoms with van der Waals surface area (Å²) in [7, 11) is -3.59. The van der Waals surface area contributed by atoms with Crippen molar-refractivity contribution in [3.63, 3.8) is 0 Å². The Balaban J connectivity index is 1.95. The van der Waals surface area contributed by atoms with Crippen molar-refractivity contribution < 1.29 is 21.9 Å². The quantitative estimate of drug-likeness (QED) is 0.388. The maximum atomic E-state index is 14.3. The molecule has 0 aliphatic carbocycles. The normalized spacial score (nSPS) is 11.5. The topological polar surface area (TPSA) is 77.4 Å². The van der Waals surface area contributed by atoms with Crippen molar-refractivity contribution in [1.29, 1.82) is 0 Å². The lowest BCUT2D eigenvalue weighted by atomic mass is 10.2. The zero-order chi connectivity index (χ0) is 23.8. The molecule has 0 saturated carbocycles. The third-order valence-electron chi connectivity index (χ3n) is 4.85. The molecule has 0 spiro atoms. The highest BCUT2D eigenvalue weighted by Gasteiger charge is 2.17. The third kappa shape index (κ3) is 4.69. The van der Waals surface area contributed by atoms with Crippen LogP contribution < -0.4 is 14.9 Å². The molecule has 0 bridgehead atoms. The zero-order valence-electron chi connectivity index (χ0n) is 17.2. The molecule has 3 aromatic carbocycles. The molecule has 0 saturated heterocycles. The first-order chi connectivity index (χ1) is 15.7. The Morgan fingerprint density at radius 3 is 2.48 bits per heavy atom. The smallest absolute Gasteiger partial charge is 0.232 e. The van der Waals surface area contributed by atoms with Gasteiger partial charge in [0, 0.05) is 17.6 Å². The second-order valence-electron chi connectivity index (χ2n) is 7.06. The van der Waals surface area contributed by atoms with Gasteiger partial charge in [-0.05, 0) is 49.4 Å². The van der Waals surface area contributed by atoms with Crippen molar-refractivity contribution in [2.24, 2.45) is 0 Å². The standard InChI is InChI=1S/C23H17ClF2N2O4S/c1-2-33(30,31)27-15-8-10-22(32-21-9-7-14(25)11-18(21)26)20(12-15)28-13-17(24)23(29)16-5-3-4-6-19(16)28/h3-13,27H,2H2,1H3. The minimum Gasteiger partial charge on any atom is -0.452 e. The number of halogens is 3. The molecule has 10 heteroatoms. The molecular formula is C23H17ClF2N2O4S. The van der Waals surface area contributed by atoms with Crippen molar-refractivity contribution in [3.05, 3.63) is 93.7 Å². The summed E-state index contributed by atoms with van der Waals surface area (Å²) in [5.74, 6) is -1.95. The molecule has 0 aliphatic rings. The van der Waals surface area contributed by atoms with Crippen molar-refractivity contribution in [1.82, 2.24) is 4.57 Å². The summed E-state index contributed by atoms with van der Waals surface area (Å²) in [6.07, 6.45) is 1.37. The van der Waals surface area contributed by atoms with Gasteiger partial charge in [0.2, 0.25) is 15.5 Å². The van der Waals surface area contributed by atoms with Gasteiger partial charge in [-0.15, -0.1) is 0 Å². The number of nitrogens with zero attached hydrogens (tertiary/aromatic N) is 1. The average Bonchev–Trinajstić information content (AvgIpc) is 2.79. The second kappa shape index (κ2) is 8.84. The minimum atomic E-state index is -3.59. The summed E-state index contributed by atoms with van der Waals surface area (Å²) in [4.78, 5) is 12.5. The predicted octanol–water partition coefficient (Wildman–Crippen LogP) is 5.48. The fourth-order valence-electron chi connectivity index (χ4n) is 3.23. The number of fused-ring (bicyclic) bond motifs is 1. The highest BCUT2D eigenvalue weighted by atomic mass is 35.5. The van der Waals surface area contributed by atoms with Gasteiger partial charge in [0.15, 0.2) is 17.3 Å². The Hall–Kier alpha value is -3.43. The van der Waals surface area contributed by atoms with Crippen LogP contribution in [0.15, 0.2) is 71.7 Å². The molecule has 1 N–H and O–H groups in total. The van der Waals surface area contributed by atoms with Gasteiger partial charge in [-0.25, -0.2) is 17.2 Å². The highest BCUT2D eigenvalue weighted by Crippen LogP contribution is 2.34. The van der Waals surface area contributed by atoms with Crippen LogP contribution in [-0.4, -0.2) is 18.7 Å². The Kier molecular flexibility index (Phi) is 6.09. The summed E-state index contributed by atoms with van der Waals surface area (Å²) in [5.41, 5.74) is 0.580. The number of para-hydroxylation sites is 1. The summed E-state index contributed by atoms with van der Waals surface area (Å²) in [5, 5.41) is 0.246. The van der Waals surface area contributed by atoms with E-state index in [1.54, 1.807) is 28.8 Å². The Labute approximate surface area is 193 Å². The largest absolute Gasteiger partial charge is 0.452 e. The Morgan fingerprint density at radius 1 is 1.03 bits per heavy atom. The molecule has 0 radical (unpaired) electrons. The molecule has 0 unspecified atom stereocenters. The van der Waals surface area contributed by atoms with Gasteiger partial charge in [0.05, 0.1) is 22.6 Å². The summed E-state index contributed by atoms with van der Waals surface area (Å²) < 4.78 is 61.5. The first-order valence-electron chi connectivity index (χ1n) is 9.76. The molecule has 33 heavy (non-hydrogen) atoms. The van der Waals surface area contributed by atoms with Crippen molar-refractivity contribution in [2.45, 2.75) is 6.92 Å². The molecule has 4 aromatic rings. The van der Waals surface area contributed by atoms with E-state index in [9.17, 15) is 22.0 Å². The average molecular weight is 491 g/mol. The van der Waals surface area contributed by atoms with Crippen LogP contribution in [0.2, 0.25) is 5.02 Å². The van der Waals surface area contributed by atoms with Gasteiger partial charge in [-0.1, -0.05) is 23.7 Å². The molecule has 4 rings (SSSR count). The molecular weight excluding hydrogens is 474 g/mol. The predicted molar refractivity (Wildman–Crippen MR) is 124 cm³/mol. The van der Waals surface area contributed by atoms with Crippen LogP contribution in [0.4, 0.5) is 14.5 Å². The lowest BCUT2D eigenvalue weighted by Gasteiger charge is -2.18. The molecule has 1 heterocycles. The van der Waals surface area contributed by atoms with E-state index in [0.717, 1.165) is 12.1 Å². The lowest BCUT2D eigenvalue weighted by Crippen LogP contribution is -2.15. The van der Waals surface area contributed by atoms with E-state index in [-0.39, 0.29) is 39.1 Å². The molecule has 1 aromatic heterocycles. The van der Waals surface area contributed by atoms with Crippen molar-refractivity contribution in [3.8, 4) is 17.2 Å². The zero-order valence-corrected chi connectivity index (χ0v) is 18.8. The third-order valence-corrected chi connectivity index (χ3v) is 6.43. The molecule has 0 atom stereocenters. The fourth-order valence-corrected chi connectivity index (χ4v) is 4.06. The molecule has 6 nitrogen and oxygen atoms in total. The maximum absolute atomic E-state index is 14.3. The van der Waals surface area contributed by atoms with Crippen LogP contribution >= 0.6 is 11.6 Å². The number of aromatic nitrogens is 1. The monoisotopic (exact) mass is 490 g/mol. The van der Waals surface area contributed by atoms with E-state index < -0.39 is 21.7 Å². The second-order valence-corrected chi connectivity index (χ2v) is 9.48. The van der Waals surface area contributed by atoms with Crippen LogP contribution in [0.5, 0.6) is 11.5 Å². The van der Waals surface area contributed by atoms with Gasteiger partial charge in [-0.3, -0.25) is 9.52 Å². The lowest BCUT2D eigenvalue weighted by molar-refractivity contribution is 0.436. The first-order valence-corrected chi connectivity index (χ1v) is 11.8. The number of hydrogen-bond acceptors (Lipinski definition) is 4. The number of sulfonamides is 1. The summed E-state index contributed by atoms with van der Waals surface area (Å²) >= 11 is 6.18. The van der Waals surface area contributed by atoms with E-state index >= 15 is 0 Å². The van der Waals surface area contributed by atoms with Gasteiger partial charge in [0.1, 0.15) is 10.8 Å². The first kappa shape index (κ1) is 22.8. The van der Waals surface area contributed by atoms with Gasteiger partial charge >= 0.3 is 0 Å². The van der Waals surface area contributed by atoms with Gasteiger partial charge < -0.3 is 9.30 Å². The highest BCUT2D eigenvalue weighted by molar-refractivity contribution is 7.92.